The number of hydrogen-bond donors (Lipinski definition) is 1. The summed E-state index contributed by atoms with van der Waals surface area (Å²) >= 11 is 0. The first-order valence-electron chi connectivity index (χ1n) is 11.5. The van der Waals surface area contributed by atoms with Crippen molar-refractivity contribution >= 4 is 11.8 Å². The Bertz CT molecular complexity index is 1150. The standard InChI is InChI=1S/C27H31NO6/c1-6-32-26(30)23-16(2)28-20-13-27(3,4)14-21(29)24(20)25(23)22-12-11-19(34-22)15-33-18-9-7-17(31-5)8-10-18/h7-12,25,28H,6,13-15H2,1-5H3. The van der Waals surface area contributed by atoms with E-state index in [9.17, 15) is 9.59 Å². The average molecular weight is 466 g/mol. The highest BCUT2D eigenvalue weighted by Crippen LogP contribution is 2.47. The van der Waals surface area contributed by atoms with Gasteiger partial charge in [-0.3, -0.25) is 4.79 Å². The largest absolute Gasteiger partial charge is 0.497 e. The van der Waals surface area contributed by atoms with E-state index in [0.29, 0.717) is 47.0 Å². The van der Waals surface area contributed by atoms with Gasteiger partial charge in [0.25, 0.3) is 0 Å². The van der Waals surface area contributed by atoms with E-state index in [1.807, 2.05) is 43.3 Å². The summed E-state index contributed by atoms with van der Waals surface area (Å²) in [5.41, 5.74) is 2.37. The van der Waals surface area contributed by atoms with Crippen molar-refractivity contribution in [3.8, 4) is 11.5 Å². The van der Waals surface area contributed by atoms with Crippen LogP contribution in [0, 0.1) is 5.41 Å². The van der Waals surface area contributed by atoms with Crippen LogP contribution < -0.4 is 14.8 Å². The van der Waals surface area contributed by atoms with E-state index >= 15 is 0 Å². The number of ether oxygens (including phenoxy) is 3. The lowest BCUT2D eigenvalue weighted by molar-refractivity contribution is -0.138. The molecule has 2 aliphatic rings. The molecule has 2 heterocycles. The summed E-state index contributed by atoms with van der Waals surface area (Å²) in [6.07, 6.45) is 1.12. The second-order valence-corrected chi connectivity index (χ2v) is 9.42. The summed E-state index contributed by atoms with van der Waals surface area (Å²) in [5.74, 6) is 1.50. The molecule has 0 bridgehead atoms. The van der Waals surface area contributed by atoms with Gasteiger partial charge in [-0.05, 0) is 62.1 Å². The highest BCUT2D eigenvalue weighted by molar-refractivity contribution is 6.04. The lowest BCUT2D eigenvalue weighted by Crippen LogP contribution is -2.38. The van der Waals surface area contributed by atoms with Crippen molar-refractivity contribution in [2.24, 2.45) is 5.41 Å². The fourth-order valence-corrected chi connectivity index (χ4v) is 4.65. The molecule has 34 heavy (non-hydrogen) atoms. The molecule has 0 radical (unpaired) electrons. The van der Waals surface area contributed by atoms with Crippen LogP contribution in [0.2, 0.25) is 0 Å². The second-order valence-electron chi connectivity index (χ2n) is 9.42. The molecule has 0 fully saturated rings. The molecule has 0 saturated heterocycles. The lowest BCUT2D eigenvalue weighted by Gasteiger charge is -2.38. The van der Waals surface area contributed by atoms with Crippen LogP contribution in [0.1, 0.15) is 58.0 Å². The molecule has 0 spiro atoms. The van der Waals surface area contributed by atoms with Crippen LogP contribution in [-0.2, 0) is 20.9 Å². The van der Waals surface area contributed by atoms with Gasteiger partial charge in [0, 0.05) is 23.4 Å². The first-order valence-corrected chi connectivity index (χ1v) is 11.5. The molecular formula is C27H31NO6. The normalized spacial score (nSPS) is 19.4. The fraction of sp³-hybridized carbons (Fsp3) is 0.407. The molecule has 1 atom stereocenters. The van der Waals surface area contributed by atoms with Crippen LogP contribution >= 0.6 is 0 Å². The molecular weight excluding hydrogens is 434 g/mol. The van der Waals surface area contributed by atoms with E-state index in [1.165, 1.54) is 0 Å². The third-order valence-corrected chi connectivity index (χ3v) is 6.14. The Morgan fingerprint density at radius 1 is 1.12 bits per heavy atom. The summed E-state index contributed by atoms with van der Waals surface area (Å²) in [7, 11) is 1.61. The predicted octanol–water partition coefficient (Wildman–Crippen LogP) is 5.03. The molecule has 1 aliphatic heterocycles. The number of allylic oxidation sites excluding steroid dienone is 3. The zero-order valence-electron chi connectivity index (χ0n) is 20.3. The van der Waals surface area contributed by atoms with Gasteiger partial charge in [0.1, 0.15) is 29.6 Å². The van der Waals surface area contributed by atoms with Crippen molar-refractivity contribution in [2.75, 3.05) is 13.7 Å². The number of carbonyl (C=O) groups is 2. The van der Waals surface area contributed by atoms with Gasteiger partial charge < -0.3 is 23.9 Å². The van der Waals surface area contributed by atoms with Gasteiger partial charge in [0.15, 0.2) is 5.78 Å². The first kappa shape index (κ1) is 23.7. The Morgan fingerprint density at radius 2 is 1.82 bits per heavy atom. The number of esters is 1. The highest BCUT2D eigenvalue weighted by atomic mass is 16.5. The molecule has 1 aromatic heterocycles. The zero-order valence-corrected chi connectivity index (χ0v) is 20.3. The Hall–Kier alpha value is -3.48. The lowest BCUT2D eigenvalue weighted by atomic mass is 9.69. The SMILES string of the molecule is CCOC(=O)C1=C(C)NC2=C(C(=O)CC(C)(C)C2)C1c1ccc(COc2ccc(OC)cc2)o1. The minimum absolute atomic E-state index is 0.0190. The van der Waals surface area contributed by atoms with Crippen molar-refractivity contribution < 1.29 is 28.2 Å². The maximum atomic E-state index is 13.3. The molecule has 7 nitrogen and oxygen atoms in total. The van der Waals surface area contributed by atoms with Crippen LogP contribution in [0.5, 0.6) is 11.5 Å². The van der Waals surface area contributed by atoms with Gasteiger partial charge in [0.05, 0.1) is 25.2 Å². The fourth-order valence-electron chi connectivity index (χ4n) is 4.65. The molecule has 180 valence electrons. The average Bonchev–Trinajstić information content (AvgIpc) is 3.25. The van der Waals surface area contributed by atoms with Gasteiger partial charge in [-0.1, -0.05) is 13.8 Å². The predicted molar refractivity (Wildman–Crippen MR) is 126 cm³/mol. The number of rotatable bonds is 7. The monoisotopic (exact) mass is 465 g/mol. The van der Waals surface area contributed by atoms with E-state index in [0.717, 1.165) is 11.4 Å². The Balaban J connectivity index is 1.65. The van der Waals surface area contributed by atoms with Crippen LogP contribution in [-0.4, -0.2) is 25.5 Å². The number of dihydropyridines is 1. The van der Waals surface area contributed by atoms with Crippen LogP contribution in [0.3, 0.4) is 0 Å². The molecule has 0 amide bonds. The van der Waals surface area contributed by atoms with Crippen molar-refractivity contribution in [2.45, 2.75) is 53.1 Å². The third-order valence-electron chi connectivity index (χ3n) is 6.14. The zero-order chi connectivity index (χ0) is 24.5. The molecule has 7 heteroatoms. The van der Waals surface area contributed by atoms with Crippen LogP contribution in [0.15, 0.2) is 63.4 Å². The summed E-state index contributed by atoms with van der Waals surface area (Å²) in [6.45, 7) is 8.21. The van der Waals surface area contributed by atoms with Gasteiger partial charge in [-0.25, -0.2) is 4.79 Å². The number of carbonyl (C=O) groups excluding carboxylic acids is 2. The second kappa shape index (κ2) is 9.41. The summed E-state index contributed by atoms with van der Waals surface area (Å²) in [6, 6.07) is 10.9. The van der Waals surface area contributed by atoms with Crippen LogP contribution in [0.25, 0.3) is 0 Å². The Labute approximate surface area is 199 Å². The summed E-state index contributed by atoms with van der Waals surface area (Å²) in [4.78, 5) is 26.2. The Morgan fingerprint density at radius 3 is 2.50 bits per heavy atom. The van der Waals surface area contributed by atoms with Crippen molar-refractivity contribution in [1.82, 2.24) is 5.32 Å². The molecule has 1 N–H and O–H groups in total. The molecule has 1 unspecified atom stereocenters. The first-order chi connectivity index (χ1) is 16.2. The number of hydrogen-bond acceptors (Lipinski definition) is 7. The minimum Gasteiger partial charge on any atom is -0.497 e. The van der Waals surface area contributed by atoms with Gasteiger partial charge >= 0.3 is 5.97 Å². The molecule has 2 aromatic rings. The molecule has 1 aliphatic carbocycles. The number of ketones is 1. The summed E-state index contributed by atoms with van der Waals surface area (Å²) < 4.78 is 22.5. The quantitative estimate of drug-likeness (QED) is 0.574. The van der Waals surface area contributed by atoms with E-state index in [2.05, 4.69) is 19.2 Å². The summed E-state index contributed by atoms with van der Waals surface area (Å²) in [5, 5.41) is 3.32. The van der Waals surface area contributed by atoms with E-state index in [1.54, 1.807) is 14.0 Å². The van der Waals surface area contributed by atoms with Gasteiger partial charge in [0.2, 0.25) is 0 Å². The Kier molecular flexibility index (Phi) is 6.55. The molecule has 4 rings (SSSR count). The van der Waals surface area contributed by atoms with Crippen molar-refractivity contribution in [3.05, 3.63) is 70.5 Å². The minimum atomic E-state index is -0.617. The number of methoxy groups -OCH3 is 1. The molecule has 1 aromatic carbocycles. The van der Waals surface area contributed by atoms with Crippen molar-refractivity contribution in [3.63, 3.8) is 0 Å². The smallest absolute Gasteiger partial charge is 0.336 e. The number of Topliss-reactive ketones (excluding diaryl/α,β-unsaturated/α-hetero) is 1. The third kappa shape index (κ3) is 4.74. The maximum Gasteiger partial charge on any atom is 0.336 e. The van der Waals surface area contributed by atoms with E-state index in [-0.39, 0.29) is 24.4 Å². The molecule has 0 saturated carbocycles. The van der Waals surface area contributed by atoms with Crippen molar-refractivity contribution in [1.29, 1.82) is 0 Å². The maximum absolute atomic E-state index is 13.3. The highest BCUT2D eigenvalue weighted by Gasteiger charge is 2.44. The van der Waals surface area contributed by atoms with E-state index < -0.39 is 11.9 Å². The number of nitrogens with one attached hydrogen (secondary N) is 1. The number of furan rings is 1. The number of benzene rings is 1. The van der Waals surface area contributed by atoms with Gasteiger partial charge in [-0.2, -0.15) is 0 Å². The van der Waals surface area contributed by atoms with E-state index in [4.69, 9.17) is 18.6 Å². The van der Waals surface area contributed by atoms with Crippen LogP contribution in [0.4, 0.5) is 0 Å². The van der Waals surface area contributed by atoms with Gasteiger partial charge in [-0.15, -0.1) is 0 Å². The topological polar surface area (TPSA) is 87.0 Å².